The molecule has 142 valence electrons. The van der Waals surface area contributed by atoms with E-state index in [4.69, 9.17) is 18.9 Å². The number of hydrogen-bond donors (Lipinski definition) is 2. The first-order valence-corrected chi connectivity index (χ1v) is 8.13. The Hall–Kier alpha value is -2.51. The Bertz CT molecular complexity index is 668. The van der Waals surface area contributed by atoms with Crippen molar-refractivity contribution in [2.45, 2.75) is 12.6 Å². The molecular formula is C19H24FNO5. The summed E-state index contributed by atoms with van der Waals surface area (Å²) in [6.07, 6.45) is -0.713. The largest absolute Gasteiger partial charge is 0.493 e. The summed E-state index contributed by atoms with van der Waals surface area (Å²) in [5.74, 6) is 1.66. The van der Waals surface area contributed by atoms with Crippen LogP contribution >= 0.6 is 0 Å². The van der Waals surface area contributed by atoms with Crippen LogP contribution in [0.15, 0.2) is 36.4 Å². The van der Waals surface area contributed by atoms with Crippen LogP contribution in [0.1, 0.15) is 5.56 Å². The molecule has 0 aliphatic rings. The van der Waals surface area contributed by atoms with Crippen molar-refractivity contribution in [1.29, 1.82) is 0 Å². The van der Waals surface area contributed by atoms with E-state index in [-0.39, 0.29) is 12.4 Å². The summed E-state index contributed by atoms with van der Waals surface area (Å²) >= 11 is 0. The normalized spacial score (nSPS) is 11.7. The van der Waals surface area contributed by atoms with Gasteiger partial charge in [0, 0.05) is 25.2 Å². The lowest BCUT2D eigenvalue weighted by Crippen LogP contribution is -2.31. The first-order chi connectivity index (χ1) is 12.6. The Labute approximate surface area is 152 Å². The van der Waals surface area contributed by atoms with Crippen LogP contribution in [0.3, 0.4) is 0 Å². The van der Waals surface area contributed by atoms with Crippen molar-refractivity contribution < 1.29 is 28.4 Å². The van der Waals surface area contributed by atoms with Crippen LogP contribution in [0.5, 0.6) is 23.0 Å². The maximum absolute atomic E-state index is 12.9. The van der Waals surface area contributed by atoms with Gasteiger partial charge in [-0.15, -0.1) is 0 Å². The zero-order chi connectivity index (χ0) is 18.9. The van der Waals surface area contributed by atoms with Crippen LogP contribution in [-0.2, 0) is 6.54 Å². The molecule has 0 saturated carbocycles. The lowest BCUT2D eigenvalue weighted by Gasteiger charge is -2.16. The van der Waals surface area contributed by atoms with Gasteiger partial charge in [0.25, 0.3) is 0 Å². The fourth-order valence-electron chi connectivity index (χ4n) is 2.38. The molecular weight excluding hydrogens is 341 g/mol. The molecule has 0 saturated heterocycles. The highest BCUT2D eigenvalue weighted by molar-refractivity contribution is 5.55. The van der Waals surface area contributed by atoms with E-state index in [0.717, 1.165) is 5.56 Å². The van der Waals surface area contributed by atoms with E-state index in [1.807, 2.05) is 0 Å². The number of aliphatic hydroxyl groups excluding tert-OH is 1. The fraction of sp³-hybridized carbons (Fsp3) is 0.368. The molecule has 0 radical (unpaired) electrons. The molecule has 0 fully saturated rings. The van der Waals surface area contributed by atoms with Crippen molar-refractivity contribution in [1.82, 2.24) is 5.32 Å². The maximum Gasteiger partial charge on any atom is 0.203 e. The van der Waals surface area contributed by atoms with E-state index in [9.17, 15) is 9.50 Å². The molecule has 0 amide bonds. The zero-order valence-corrected chi connectivity index (χ0v) is 15.1. The number of nitrogens with one attached hydrogen (secondary N) is 1. The molecule has 0 aliphatic heterocycles. The first-order valence-electron chi connectivity index (χ1n) is 8.13. The van der Waals surface area contributed by atoms with Gasteiger partial charge in [-0.1, -0.05) is 12.1 Å². The van der Waals surface area contributed by atoms with Crippen LogP contribution in [-0.4, -0.2) is 45.7 Å². The van der Waals surface area contributed by atoms with Gasteiger partial charge in [0.05, 0.1) is 21.3 Å². The highest BCUT2D eigenvalue weighted by Crippen LogP contribution is 2.40. The van der Waals surface area contributed by atoms with E-state index in [1.54, 1.807) is 24.3 Å². The number of aliphatic hydroxyl groups is 1. The van der Waals surface area contributed by atoms with Gasteiger partial charge < -0.3 is 29.4 Å². The summed E-state index contributed by atoms with van der Waals surface area (Å²) in [4.78, 5) is 0. The van der Waals surface area contributed by atoms with Crippen LogP contribution in [0.4, 0.5) is 4.39 Å². The predicted molar refractivity (Wildman–Crippen MR) is 95.7 cm³/mol. The molecule has 2 aromatic rings. The SMILES string of the molecule is COc1cc(OCC(O)CNCc2ccc(F)cc2)cc(OC)c1OC. The van der Waals surface area contributed by atoms with Crippen molar-refractivity contribution in [2.24, 2.45) is 0 Å². The third-order valence-electron chi connectivity index (χ3n) is 3.70. The molecule has 0 aliphatic carbocycles. The Kier molecular flexibility index (Phi) is 7.50. The minimum atomic E-state index is -0.713. The molecule has 6 nitrogen and oxygen atoms in total. The lowest BCUT2D eigenvalue weighted by molar-refractivity contribution is 0.106. The molecule has 7 heteroatoms. The highest BCUT2D eigenvalue weighted by Gasteiger charge is 2.14. The zero-order valence-electron chi connectivity index (χ0n) is 15.1. The molecule has 2 rings (SSSR count). The van der Waals surface area contributed by atoms with Crippen LogP contribution in [0.2, 0.25) is 0 Å². The van der Waals surface area contributed by atoms with E-state index in [0.29, 0.717) is 36.1 Å². The Morgan fingerprint density at radius 1 is 1.00 bits per heavy atom. The van der Waals surface area contributed by atoms with Crippen molar-refractivity contribution in [3.63, 3.8) is 0 Å². The molecule has 1 atom stereocenters. The summed E-state index contributed by atoms with van der Waals surface area (Å²) in [5, 5.41) is 13.2. The van der Waals surface area contributed by atoms with Gasteiger partial charge in [0.2, 0.25) is 5.75 Å². The quantitative estimate of drug-likeness (QED) is 0.674. The van der Waals surface area contributed by atoms with Gasteiger partial charge in [-0.05, 0) is 17.7 Å². The minimum absolute atomic E-state index is 0.0923. The minimum Gasteiger partial charge on any atom is -0.493 e. The fourth-order valence-corrected chi connectivity index (χ4v) is 2.38. The summed E-state index contributed by atoms with van der Waals surface area (Å²) < 4.78 is 34.2. The second-order valence-electron chi connectivity index (χ2n) is 5.58. The second kappa shape index (κ2) is 9.84. The molecule has 0 aromatic heterocycles. The number of halogens is 1. The first kappa shape index (κ1) is 19.8. The smallest absolute Gasteiger partial charge is 0.203 e. The Morgan fingerprint density at radius 2 is 1.62 bits per heavy atom. The summed E-state index contributed by atoms with van der Waals surface area (Å²) in [5.41, 5.74) is 0.934. The number of hydrogen-bond acceptors (Lipinski definition) is 6. The van der Waals surface area contributed by atoms with Crippen LogP contribution in [0.25, 0.3) is 0 Å². The van der Waals surface area contributed by atoms with Crippen molar-refractivity contribution in [3.8, 4) is 23.0 Å². The molecule has 0 bridgehead atoms. The standard InChI is InChI=1S/C19H24FNO5/c1-23-17-8-16(9-18(24-2)19(17)25-3)26-12-15(22)11-21-10-13-4-6-14(20)7-5-13/h4-9,15,21-22H,10-12H2,1-3H3. The average molecular weight is 365 g/mol. The van der Waals surface area contributed by atoms with Gasteiger partial charge in [-0.3, -0.25) is 0 Å². The van der Waals surface area contributed by atoms with Crippen molar-refractivity contribution in [2.75, 3.05) is 34.5 Å². The van der Waals surface area contributed by atoms with E-state index < -0.39 is 6.10 Å². The third-order valence-corrected chi connectivity index (χ3v) is 3.70. The number of ether oxygens (including phenoxy) is 4. The topological polar surface area (TPSA) is 69.2 Å². The van der Waals surface area contributed by atoms with Crippen molar-refractivity contribution in [3.05, 3.63) is 47.8 Å². The molecule has 0 spiro atoms. The van der Waals surface area contributed by atoms with Gasteiger partial charge in [0.1, 0.15) is 24.3 Å². The molecule has 0 heterocycles. The number of benzene rings is 2. The Morgan fingerprint density at radius 3 is 2.15 bits per heavy atom. The molecule has 2 N–H and O–H groups in total. The van der Waals surface area contributed by atoms with Crippen LogP contribution < -0.4 is 24.3 Å². The summed E-state index contributed by atoms with van der Waals surface area (Å²) in [6.45, 7) is 0.957. The lowest BCUT2D eigenvalue weighted by atomic mass is 10.2. The number of methoxy groups -OCH3 is 3. The molecule has 26 heavy (non-hydrogen) atoms. The summed E-state index contributed by atoms with van der Waals surface area (Å²) in [6, 6.07) is 9.53. The number of rotatable bonds is 10. The van der Waals surface area contributed by atoms with E-state index in [1.165, 1.54) is 33.5 Å². The average Bonchev–Trinajstić information content (AvgIpc) is 2.66. The third kappa shape index (κ3) is 5.50. The second-order valence-corrected chi connectivity index (χ2v) is 5.58. The molecule has 2 aromatic carbocycles. The predicted octanol–water partition coefficient (Wildman–Crippen LogP) is 2.38. The van der Waals surface area contributed by atoms with Gasteiger partial charge >= 0.3 is 0 Å². The molecule has 1 unspecified atom stereocenters. The monoisotopic (exact) mass is 365 g/mol. The van der Waals surface area contributed by atoms with Crippen molar-refractivity contribution >= 4 is 0 Å². The van der Waals surface area contributed by atoms with Gasteiger partial charge in [-0.25, -0.2) is 4.39 Å². The van der Waals surface area contributed by atoms with Gasteiger partial charge in [0.15, 0.2) is 11.5 Å². The highest BCUT2D eigenvalue weighted by atomic mass is 19.1. The maximum atomic E-state index is 12.9. The summed E-state index contributed by atoms with van der Waals surface area (Å²) in [7, 11) is 4.57. The van der Waals surface area contributed by atoms with E-state index in [2.05, 4.69) is 5.32 Å². The van der Waals surface area contributed by atoms with Gasteiger partial charge in [-0.2, -0.15) is 0 Å². The van der Waals surface area contributed by atoms with Crippen LogP contribution in [0, 0.1) is 5.82 Å². The van der Waals surface area contributed by atoms with E-state index >= 15 is 0 Å². The Balaban J connectivity index is 1.84.